The van der Waals surface area contributed by atoms with Gasteiger partial charge in [-0.3, -0.25) is 14.7 Å². The number of amides is 2. The Bertz CT molecular complexity index is 1160. The molecule has 0 saturated carbocycles. The highest BCUT2D eigenvalue weighted by Crippen LogP contribution is 2.31. The van der Waals surface area contributed by atoms with E-state index in [1.165, 1.54) is 12.1 Å². The van der Waals surface area contributed by atoms with Crippen LogP contribution in [0.15, 0.2) is 48.5 Å². The number of carbonyl (C=O) groups is 2. The molecule has 0 radical (unpaired) electrons. The fourth-order valence-corrected chi connectivity index (χ4v) is 4.67. The molecule has 2 fully saturated rings. The number of likely N-dealkylation sites (tertiary alicyclic amines) is 2. The zero-order valence-corrected chi connectivity index (χ0v) is 18.3. The number of H-pyrrole nitrogens is 1. The number of hydrogen-bond donors (Lipinski definition) is 1. The van der Waals surface area contributed by atoms with Gasteiger partial charge in [0.25, 0.3) is 5.91 Å². The molecular formula is C25H26FN5O2. The molecule has 2 amide bonds. The minimum atomic E-state index is -0.270. The van der Waals surface area contributed by atoms with E-state index in [9.17, 15) is 14.0 Å². The maximum Gasteiger partial charge on any atom is 0.254 e. The lowest BCUT2D eigenvalue weighted by atomic mass is 10.1. The van der Waals surface area contributed by atoms with Crippen LogP contribution >= 0.6 is 0 Å². The van der Waals surface area contributed by atoms with Crippen LogP contribution in [0.25, 0.3) is 0 Å². The average Bonchev–Trinajstić information content (AvgIpc) is 3.57. The van der Waals surface area contributed by atoms with Crippen LogP contribution in [-0.2, 0) is 17.8 Å². The Hall–Kier alpha value is -3.55. The smallest absolute Gasteiger partial charge is 0.254 e. The summed E-state index contributed by atoms with van der Waals surface area (Å²) in [6.07, 6.45) is 3.72. The summed E-state index contributed by atoms with van der Waals surface area (Å²) in [4.78, 5) is 33.6. The number of carbonyl (C=O) groups excluding carboxylic acids is 2. The van der Waals surface area contributed by atoms with Crippen molar-refractivity contribution in [1.82, 2.24) is 25.0 Å². The van der Waals surface area contributed by atoms with Crippen molar-refractivity contribution in [3.8, 4) is 0 Å². The van der Waals surface area contributed by atoms with Gasteiger partial charge in [0.2, 0.25) is 5.91 Å². The number of benzene rings is 2. The van der Waals surface area contributed by atoms with Gasteiger partial charge in [0.1, 0.15) is 11.6 Å². The minimum Gasteiger partial charge on any atom is -0.338 e. The second-order valence-electron chi connectivity index (χ2n) is 8.72. The first-order valence-corrected chi connectivity index (χ1v) is 11.4. The van der Waals surface area contributed by atoms with Gasteiger partial charge >= 0.3 is 0 Å². The first-order valence-electron chi connectivity index (χ1n) is 11.4. The summed E-state index contributed by atoms with van der Waals surface area (Å²) in [5, 5.41) is 7.35. The first kappa shape index (κ1) is 21.3. The van der Waals surface area contributed by atoms with Crippen molar-refractivity contribution >= 4 is 11.8 Å². The Balaban J connectivity index is 1.29. The maximum absolute atomic E-state index is 13.4. The van der Waals surface area contributed by atoms with Crippen LogP contribution in [-0.4, -0.2) is 49.9 Å². The van der Waals surface area contributed by atoms with E-state index in [1.807, 2.05) is 34.1 Å². The molecule has 0 aliphatic carbocycles. The van der Waals surface area contributed by atoms with Crippen molar-refractivity contribution in [2.75, 3.05) is 13.1 Å². The van der Waals surface area contributed by atoms with Gasteiger partial charge in [0.05, 0.1) is 6.04 Å². The van der Waals surface area contributed by atoms with Crippen LogP contribution in [0.4, 0.5) is 4.39 Å². The number of aromatic amines is 1. The van der Waals surface area contributed by atoms with Crippen molar-refractivity contribution in [3.63, 3.8) is 0 Å². The molecule has 1 aromatic heterocycles. The summed E-state index contributed by atoms with van der Waals surface area (Å²) < 4.78 is 13.1. The van der Waals surface area contributed by atoms with Gasteiger partial charge in [0, 0.05) is 38.0 Å². The van der Waals surface area contributed by atoms with E-state index in [2.05, 4.69) is 15.2 Å². The van der Waals surface area contributed by atoms with Crippen LogP contribution in [0.5, 0.6) is 0 Å². The van der Waals surface area contributed by atoms with Gasteiger partial charge in [0.15, 0.2) is 5.82 Å². The van der Waals surface area contributed by atoms with Gasteiger partial charge in [-0.2, -0.15) is 5.10 Å². The molecule has 8 heteroatoms. The van der Waals surface area contributed by atoms with E-state index in [0.717, 1.165) is 36.9 Å². The molecule has 0 bridgehead atoms. The summed E-state index contributed by atoms with van der Waals surface area (Å²) in [6.45, 7) is 1.97. The van der Waals surface area contributed by atoms with E-state index in [4.69, 9.17) is 0 Å². The lowest BCUT2D eigenvalue weighted by molar-refractivity contribution is -0.128. The lowest BCUT2D eigenvalue weighted by Crippen LogP contribution is -2.31. The predicted octanol–water partition coefficient (Wildman–Crippen LogP) is 3.63. The van der Waals surface area contributed by atoms with Gasteiger partial charge < -0.3 is 9.80 Å². The number of hydrogen-bond acceptors (Lipinski definition) is 4. The molecule has 2 aromatic carbocycles. The SMILES string of the molecule is O=C1CCCN1Cc1cccc(C(=O)N2CCC[C@@H]2c2n[nH]c(Cc3ccc(F)cc3)n2)c1. The molecule has 2 aliphatic rings. The molecule has 0 unspecified atom stereocenters. The number of aromatic nitrogens is 3. The van der Waals surface area contributed by atoms with E-state index in [1.54, 1.807) is 12.1 Å². The van der Waals surface area contributed by atoms with Gasteiger partial charge in [-0.25, -0.2) is 9.37 Å². The fraction of sp³-hybridized carbons (Fsp3) is 0.360. The molecule has 2 aliphatic heterocycles. The lowest BCUT2D eigenvalue weighted by Gasteiger charge is -2.23. The Labute approximate surface area is 191 Å². The molecule has 0 spiro atoms. The Kier molecular flexibility index (Phi) is 5.90. The van der Waals surface area contributed by atoms with Crippen LogP contribution in [0.2, 0.25) is 0 Å². The normalized spacial score (nSPS) is 18.3. The third kappa shape index (κ3) is 4.65. The summed E-state index contributed by atoms with van der Waals surface area (Å²) in [5.41, 5.74) is 2.52. The molecule has 7 nitrogen and oxygen atoms in total. The van der Waals surface area contributed by atoms with E-state index >= 15 is 0 Å². The highest BCUT2D eigenvalue weighted by Gasteiger charge is 2.33. The molecule has 1 N–H and O–H groups in total. The van der Waals surface area contributed by atoms with Gasteiger partial charge in [-0.1, -0.05) is 24.3 Å². The van der Waals surface area contributed by atoms with Crippen molar-refractivity contribution in [1.29, 1.82) is 0 Å². The standard InChI is InChI=1S/C25H26FN5O2/c26-20-10-8-17(9-11-20)15-22-27-24(29-28-22)21-6-2-13-31(21)25(33)19-5-1-4-18(14-19)16-30-12-3-7-23(30)32/h1,4-5,8-11,14,21H,2-3,6-7,12-13,15-16H2,(H,27,28,29)/t21-/m1/s1. The Morgan fingerprint density at radius 1 is 1.09 bits per heavy atom. The predicted molar refractivity (Wildman–Crippen MR) is 120 cm³/mol. The first-order chi connectivity index (χ1) is 16.1. The number of halogens is 1. The third-order valence-electron chi connectivity index (χ3n) is 6.36. The molecule has 2 saturated heterocycles. The molecule has 1 atom stereocenters. The molecule has 3 aromatic rings. The largest absolute Gasteiger partial charge is 0.338 e. The van der Waals surface area contributed by atoms with Crippen molar-refractivity contribution in [3.05, 3.63) is 82.7 Å². The number of rotatable bonds is 6. The molecule has 5 rings (SSSR count). The zero-order chi connectivity index (χ0) is 22.8. The summed E-state index contributed by atoms with van der Waals surface area (Å²) in [6, 6.07) is 13.7. The monoisotopic (exact) mass is 447 g/mol. The molecular weight excluding hydrogens is 421 g/mol. The summed E-state index contributed by atoms with van der Waals surface area (Å²) >= 11 is 0. The van der Waals surface area contributed by atoms with Crippen molar-refractivity contribution < 1.29 is 14.0 Å². The molecule has 170 valence electrons. The van der Waals surface area contributed by atoms with Crippen LogP contribution in [0, 0.1) is 5.82 Å². The minimum absolute atomic E-state index is 0.0445. The highest BCUT2D eigenvalue weighted by atomic mass is 19.1. The summed E-state index contributed by atoms with van der Waals surface area (Å²) in [5.74, 6) is 1.16. The number of nitrogens with zero attached hydrogens (tertiary/aromatic N) is 4. The second-order valence-corrected chi connectivity index (χ2v) is 8.72. The van der Waals surface area contributed by atoms with E-state index in [-0.39, 0.29) is 23.7 Å². The fourth-order valence-electron chi connectivity index (χ4n) is 4.67. The van der Waals surface area contributed by atoms with E-state index in [0.29, 0.717) is 43.1 Å². The van der Waals surface area contributed by atoms with Crippen LogP contribution in [0.1, 0.15) is 64.9 Å². The quantitative estimate of drug-likeness (QED) is 0.626. The third-order valence-corrected chi connectivity index (χ3v) is 6.36. The zero-order valence-electron chi connectivity index (χ0n) is 18.3. The van der Waals surface area contributed by atoms with Gasteiger partial charge in [-0.05, 0) is 54.7 Å². The maximum atomic E-state index is 13.4. The summed E-state index contributed by atoms with van der Waals surface area (Å²) in [7, 11) is 0. The van der Waals surface area contributed by atoms with Gasteiger partial charge in [-0.15, -0.1) is 0 Å². The Morgan fingerprint density at radius 2 is 1.94 bits per heavy atom. The van der Waals surface area contributed by atoms with Crippen molar-refractivity contribution in [2.45, 2.75) is 44.7 Å². The highest BCUT2D eigenvalue weighted by molar-refractivity contribution is 5.94. The van der Waals surface area contributed by atoms with Crippen LogP contribution < -0.4 is 0 Å². The van der Waals surface area contributed by atoms with Crippen LogP contribution in [0.3, 0.4) is 0 Å². The van der Waals surface area contributed by atoms with E-state index < -0.39 is 0 Å². The molecule has 33 heavy (non-hydrogen) atoms. The molecule has 3 heterocycles. The van der Waals surface area contributed by atoms with Crippen molar-refractivity contribution in [2.24, 2.45) is 0 Å². The number of nitrogens with one attached hydrogen (secondary N) is 1. The topological polar surface area (TPSA) is 82.2 Å². The Morgan fingerprint density at radius 3 is 2.73 bits per heavy atom. The second kappa shape index (κ2) is 9.13. The average molecular weight is 448 g/mol.